The lowest BCUT2D eigenvalue weighted by Crippen LogP contribution is -2.23. The number of aromatic nitrogens is 2. The summed E-state index contributed by atoms with van der Waals surface area (Å²) in [5.74, 6) is 0.588. The van der Waals surface area contributed by atoms with E-state index in [4.69, 9.17) is 4.74 Å². The molecule has 0 fully saturated rings. The van der Waals surface area contributed by atoms with Gasteiger partial charge in [0, 0.05) is 23.7 Å². The van der Waals surface area contributed by atoms with Gasteiger partial charge in [-0.3, -0.25) is 9.20 Å². The van der Waals surface area contributed by atoms with Gasteiger partial charge in [-0.25, -0.2) is 4.98 Å². The molecular formula is C20H17N3O2S. The summed E-state index contributed by atoms with van der Waals surface area (Å²) in [5.41, 5.74) is 3.18. The Kier molecular flexibility index (Phi) is 4.41. The molecule has 0 saturated heterocycles. The predicted molar refractivity (Wildman–Crippen MR) is 103 cm³/mol. The highest BCUT2D eigenvalue weighted by Crippen LogP contribution is 2.29. The van der Waals surface area contributed by atoms with E-state index in [1.165, 1.54) is 11.3 Å². The van der Waals surface area contributed by atoms with Gasteiger partial charge in [-0.05, 0) is 29.8 Å². The molecule has 26 heavy (non-hydrogen) atoms. The van der Waals surface area contributed by atoms with E-state index in [-0.39, 0.29) is 5.91 Å². The summed E-state index contributed by atoms with van der Waals surface area (Å²) in [6, 6.07) is 17.5. The predicted octanol–water partition coefficient (Wildman–Crippen LogP) is 4.00. The van der Waals surface area contributed by atoms with Crippen LogP contribution in [0.4, 0.5) is 0 Å². The number of hydrogen-bond donors (Lipinski definition) is 1. The number of carbonyl (C=O) groups is 1. The summed E-state index contributed by atoms with van der Waals surface area (Å²) < 4.78 is 7.17. The Morgan fingerprint density at radius 3 is 2.65 bits per heavy atom. The van der Waals surface area contributed by atoms with Gasteiger partial charge in [-0.2, -0.15) is 0 Å². The van der Waals surface area contributed by atoms with Gasteiger partial charge < -0.3 is 10.1 Å². The number of carbonyl (C=O) groups excluding carboxylic acids is 1. The van der Waals surface area contributed by atoms with Gasteiger partial charge in [0.25, 0.3) is 5.91 Å². The first-order chi connectivity index (χ1) is 12.8. The lowest BCUT2D eigenvalue weighted by molar-refractivity contribution is 0.0947. The molecule has 2 heterocycles. The molecule has 0 radical (unpaired) electrons. The molecule has 6 heteroatoms. The second-order valence-corrected chi connectivity index (χ2v) is 6.63. The van der Waals surface area contributed by atoms with E-state index in [0.717, 1.165) is 27.5 Å². The Balaban J connectivity index is 1.68. The van der Waals surface area contributed by atoms with Crippen molar-refractivity contribution in [1.82, 2.24) is 14.7 Å². The minimum atomic E-state index is -0.185. The van der Waals surface area contributed by atoms with Crippen molar-refractivity contribution in [3.8, 4) is 17.0 Å². The van der Waals surface area contributed by atoms with Crippen molar-refractivity contribution in [2.45, 2.75) is 6.54 Å². The van der Waals surface area contributed by atoms with Crippen molar-refractivity contribution in [2.75, 3.05) is 7.11 Å². The fourth-order valence-electron chi connectivity index (χ4n) is 2.83. The number of thiazole rings is 1. The SMILES string of the molecule is COc1ccc(-c2c(C(=O)NCc3ccccc3)nc3sccn23)cc1. The zero-order chi connectivity index (χ0) is 17.9. The molecule has 0 aliphatic carbocycles. The molecule has 130 valence electrons. The molecule has 0 unspecified atom stereocenters. The number of nitrogens with zero attached hydrogens (tertiary/aromatic N) is 2. The maximum absolute atomic E-state index is 12.8. The van der Waals surface area contributed by atoms with E-state index >= 15 is 0 Å². The van der Waals surface area contributed by atoms with Crippen LogP contribution in [0.5, 0.6) is 5.75 Å². The van der Waals surface area contributed by atoms with Crippen molar-refractivity contribution < 1.29 is 9.53 Å². The second kappa shape index (κ2) is 7.01. The standard InChI is InChI=1S/C20H17N3O2S/c1-25-16-9-7-15(8-10-16)18-17(22-20-23(18)11-12-26-20)19(24)21-13-14-5-3-2-4-6-14/h2-12H,13H2,1H3,(H,21,24). The van der Waals surface area contributed by atoms with E-state index < -0.39 is 0 Å². The van der Waals surface area contributed by atoms with E-state index in [0.29, 0.717) is 12.2 Å². The van der Waals surface area contributed by atoms with Gasteiger partial charge in [-0.15, -0.1) is 11.3 Å². The zero-order valence-electron chi connectivity index (χ0n) is 14.2. The van der Waals surface area contributed by atoms with Crippen LogP contribution in [0, 0.1) is 0 Å². The van der Waals surface area contributed by atoms with Crippen molar-refractivity contribution >= 4 is 22.2 Å². The lowest BCUT2D eigenvalue weighted by atomic mass is 10.1. The van der Waals surface area contributed by atoms with E-state index in [1.54, 1.807) is 7.11 Å². The fourth-order valence-corrected chi connectivity index (χ4v) is 3.54. The third kappa shape index (κ3) is 3.07. The Hall–Kier alpha value is -3.12. The molecule has 0 saturated carbocycles. The average molecular weight is 363 g/mol. The molecule has 4 rings (SSSR count). The van der Waals surface area contributed by atoms with Gasteiger partial charge in [-0.1, -0.05) is 30.3 Å². The van der Waals surface area contributed by atoms with Crippen LogP contribution in [0.2, 0.25) is 0 Å². The summed E-state index contributed by atoms with van der Waals surface area (Å²) in [5, 5.41) is 4.92. The molecule has 0 aliphatic rings. The van der Waals surface area contributed by atoms with Crippen LogP contribution in [0.25, 0.3) is 16.2 Å². The topological polar surface area (TPSA) is 55.6 Å². The maximum Gasteiger partial charge on any atom is 0.272 e. The van der Waals surface area contributed by atoms with Crippen molar-refractivity contribution in [2.24, 2.45) is 0 Å². The van der Waals surface area contributed by atoms with Crippen LogP contribution in [0.3, 0.4) is 0 Å². The fraction of sp³-hybridized carbons (Fsp3) is 0.100. The maximum atomic E-state index is 12.8. The third-order valence-electron chi connectivity index (χ3n) is 4.14. The highest BCUT2D eigenvalue weighted by atomic mass is 32.1. The van der Waals surface area contributed by atoms with Crippen molar-refractivity contribution in [1.29, 1.82) is 0 Å². The van der Waals surface area contributed by atoms with Crippen LogP contribution >= 0.6 is 11.3 Å². The number of fused-ring (bicyclic) bond motifs is 1. The summed E-state index contributed by atoms with van der Waals surface area (Å²) in [6.45, 7) is 0.465. The molecule has 4 aromatic rings. The molecule has 0 bridgehead atoms. The molecule has 0 spiro atoms. The Labute approximate surface area is 154 Å². The first-order valence-electron chi connectivity index (χ1n) is 8.18. The summed E-state index contributed by atoms with van der Waals surface area (Å²) in [7, 11) is 1.63. The normalized spacial score (nSPS) is 10.8. The Morgan fingerprint density at radius 1 is 1.15 bits per heavy atom. The lowest BCUT2D eigenvalue weighted by Gasteiger charge is -2.07. The molecule has 0 aliphatic heterocycles. The van der Waals surface area contributed by atoms with Crippen LogP contribution in [-0.4, -0.2) is 22.4 Å². The van der Waals surface area contributed by atoms with Gasteiger partial charge in [0.1, 0.15) is 5.75 Å². The summed E-state index contributed by atoms with van der Waals surface area (Å²) in [6.07, 6.45) is 1.93. The second-order valence-electron chi connectivity index (χ2n) is 5.76. The molecule has 5 nitrogen and oxygen atoms in total. The highest BCUT2D eigenvalue weighted by molar-refractivity contribution is 7.15. The molecule has 0 atom stereocenters. The molecule has 2 aromatic heterocycles. The first-order valence-corrected chi connectivity index (χ1v) is 9.06. The van der Waals surface area contributed by atoms with Crippen LogP contribution in [0.1, 0.15) is 16.1 Å². The number of ether oxygens (including phenoxy) is 1. The molecule has 2 aromatic carbocycles. The number of nitrogens with one attached hydrogen (secondary N) is 1. The van der Waals surface area contributed by atoms with Crippen LogP contribution in [-0.2, 0) is 6.54 Å². The number of benzene rings is 2. The van der Waals surface area contributed by atoms with E-state index in [9.17, 15) is 4.79 Å². The number of imidazole rings is 1. The summed E-state index contributed by atoms with van der Waals surface area (Å²) >= 11 is 1.50. The summed E-state index contributed by atoms with van der Waals surface area (Å²) in [4.78, 5) is 18.1. The van der Waals surface area contributed by atoms with Crippen molar-refractivity contribution in [3.05, 3.63) is 77.4 Å². The zero-order valence-corrected chi connectivity index (χ0v) is 15.0. The van der Waals surface area contributed by atoms with Gasteiger partial charge in [0.05, 0.1) is 12.8 Å². The minimum absolute atomic E-state index is 0.185. The Bertz CT molecular complexity index is 1040. The van der Waals surface area contributed by atoms with E-state index in [2.05, 4.69) is 10.3 Å². The first kappa shape index (κ1) is 16.4. The van der Waals surface area contributed by atoms with Gasteiger partial charge >= 0.3 is 0 Å². The minimum Gasteiger partial charge on any atom is -0.497 e. The average Bonchev–Trinajstić information content (AvgIpc) is 3.28. The smallest absolute Gasteiger partial charge is 0.272 e. The third-order valence-corrected chi connectivity index (χ3v) is 4.89. The molecule has 1 amide bonds. The van der Waals surface area contributed by atoms with Crippen molar-refractivity contribution in [3.63, 3.8) is 0 Å². The number of methoxy groups -OCH3 is 1. The van der Waals surface area contributed by atoms with Crippen LogP contribution < -0.4 is 10.1 Å². The quantitative estimate of drug-likeness (QED) is 0.583. The number of hydrogen-bond acceptors (Lipinski definition) is 4. The van der Waals surface area contributed by atoms with Crippen LogP contribution in [0.15, 0.2) is 66.2 Å². The molecule has 1 N–H and O–H groups in total. The number of rotatable bonds is 5. The monoisotopic (exact) mass is 363 g/mol. The largest absolute Gasteiger partial charge is 0.497 e. The van der Waals surface area contributed by atoms with Gasteiger partial charge in [0.2, 0.25) is 0 Å². The van der Waals surface area contributed by atoms with Gasteiger partial charge in [0.15, 0.2) is 10.7 Å². The Morgan fingerprint density at radius 2 is 1.92 bits per heavy atom. The number of amides is 1. The molecular weight excluding hydrogens is 346 g/mol. The highest BCUT2D eigenvalue weighted by Gasteiger charge is 2.21. The van der Waals surface area contributed by atoms with E-state index in [1.807, 2.05) is 70.6 Å².